The van der Waals surface area contributed by atoms with E-state index in [0.717, 1.165) is 11.4 Å². The van der Waals surface area contributed by atoms with Gasteiger partial charge in [-0.3, -0.25) is 0 Å². The molecule has 2 rings (SSSR count). The SMILES string of the molecule is CC(C)Oc1ccccc1NC1CCCCC1(C)C. The highest BCUT2D eigenvalue weighted by Crippen LogP contribution is 2.38. The van der Waals surface area contributed by atoms with E-state index in [2.05, 4.69) is 51.2 Å². The van der Waals surface area contributed by atoms with E-state index < -0.39 is 0 Å². The van der Waals surface area contributed by atoms with Gasteiger partial charge in [0.05, 0.1) is 11.8 Å². The third-order valence-corrected chi connectivity index (χ3v) is 4.09. The Labute approximate surface area is 117 Å². The molecule has 1 saturated carbocycles. The first-order chi connectivity index (χ1) is 8.99. The fourth-order valence-electron chi connectivity index (χ4n) is 2.89. The molecule has 0 heterocycles. The van der Waals surface area contributed by atoms with Crippen molar-refractivity contribution in [3.63, 3.8) is 0 Å². The number of hydrogen-bond donors (Lipinski definition) is 1. The van der Waals surface area contributed by atoms with Crippen LogP contribution < -0.4 is 10.1 Å². The van der Waals surface area contributed by atoms with Gasteiger partial charge in [-0.2, -0.15) is 0 Å². The van der Waals surface area contributed by atoms with E-state index in [1.54, 1.807) is 0 Å². The lowest BCUT2D eigenvalue weighted by atomic mass is 9.73. The number of para-hydroxylation sites is 2. The molecule has 1 unspecified atom stereocenters. The molecule has 1 aliphatic carbocycles. The largest absolute Gasteiger partial charge is 0.489 e. The fourth-order valence-corrected chi connectivity index (χ4v) is 2.89. The first kappa shape index (κ1) is 14.2. The second kappa shape index (κ2) is 5.85. The van der Waals surface area contributed by atoms with E-state index in [-0.39, 0.29) is 6.10 Å². The number of nitrogens with one attached hydrogen (secondary N) is 1. The molecular weight excluding hydrogens is 234 g/mol. The van der Waals surface area contributed by atoms with Crippen LogP contribution in [0.25, 0.3) is 0 Å². The molecule has 0 bridgehead atoms. The average molecular weight is 261 g/mol. The molecule has 1 N–H and O–H groups in total. The third kappa shape index (κ3) is 3.65. The molecule has 106 valence electrons. The second-order valence-electron chi connectivity index (χ2n) is 6.59. The van der Waals surface area contributed by atoms with Crippen LogP contribution in [0, 0.1) is 5.41 Å². The summed E-state index contributed by atoms with van der Waals surface area (Å²) in [5.74, 6) is 0.971. The molecular formula is C17H27NO. The second-order valence-corrected chi connectivity index (χ2v) is 6.59. The number of anilines is 1. The minimum Gasteiger partial charge on any atom is -0.489 e. The maximum Gasteiger partial charge on any atom is 0.142 e. The maximum absolute atomic E-state index is 5.89. The summed E-state index contributed by atoms with van der Waals surface area (Å²) in [7, 11) is 0. The predicted molar refractivity (Wildman–Crippen MR) is 81.9 cm³/mol. The van der Waals surface area contributed by atoms with Gasteiger partial charge in [-0.1, -0.05) is 38.8 Å². The van der Waals surface area contributed by atoms with Crippen molar-refractivity contribution in [1.82, 2.24) is 0 Å². The Morgan fingerprint density at radius 3 is 2.63 bits per heavy atom. The molecule has 2 heteroatoms. The Balaban J connectivity index is 2.13. The Morgan fingerprint density at radius 2 is 1.95 bits per heavy atom. The summed E-state index contributed by atoms with van der Waals surface area (Å²) in [5.41, 5.74) is 1.50. The van der Waals surface area contributed by atoms with Crippen LogP contribution in [-0.4, -0.2) is 12.1 Å². The number of rotatable bonds is 4. The first-order valence-electron chi connectivity index (χ1n) is 7.51. The van der Waals surface area contributed by atoms with Crippen LogP contribution in [0.1, 0.15) is 53.4 Å². The van der Waals surface area contributed by atoms with E-state index in [4.69, 9.17) is 4.74 Å². The molecule has 0 spiro atoms. The summed E-state index contributed by atoms with van der Waals surface area (Å²) in [4.78, 5) is 0. The van der Waals surface area contributed by atoms with Gasteiger partial charge in [0.2, 0.25) is 0 Å². The summed E-state index contributed by atoms with van der Waals surface area (Å²) < 4.78 is 5.89. The molecule has 0 aromatic heterocycles. The summed E-state index contributed by atoms with van der Waals surface area (Å²) in [6.45, 7) is 8.88. The van der Waals surface area contributed by atoms with Crippen molar-refractivity contribution < 1.29 is 4.74 Å². The lowest BCUT2D eigenvalue weighted by molar-refractivity contribution is 0.214. The van der Waals surface area contributed by atoms with E-state index >= 15 is 0 Å². The minimum absolute atomic E-state index is 0.210. The van der Waals surface area contributed by atoms with Crippen molar-refractivity contribution >= 4 is 5.69 Å². The molecule has 0 amide bonds. The normalized spacial score (nSPS) is 22.3. The van der Waals surface area contributed by atoms with E-state index in [1.807, 2.05) is 6.07 Å². The molecule has 1 fully saturated rings. The van der Waals surface area contributed by atoms with Gasteiger partial charge < -0.3 is 10.1 Å². The van der Waals surface area contributed by atoms with E-state index in [0.29, 0.717) is 11.5 Å². The van der Waals surface area contributed by atoms with E-state index in [9.17, 15) is 0 Å². The first-order valence-corrected chi connectivity index (χ1v) is 7.51. The molecule has 1 aromatic rings. The highest BCUT2D eigenvalue weighted by Gasteiger charge is 2.32. The zero-order valence-electron chi connectivity index (χ0n) is 12.7. The van der Waals surface area contributed by atoms with Crippen LogP contribution in [-0.2, 0) is 0 Å². The van der Waals surface area contributed by atoms with Gasteiger partial charge in [-0.25, -0.2) is 0 Å². The van der Waals surface area contributed by atoms with Crippen LogP contribution in [0.15, 0.2) is 24.3 Å². The topological polar surface area (TPSA) is 21.3 Å². The van der Waals surface area contributed by atoms with Crippen LogP contribution in [0.2, 0.25) is 0 Å². The Hall–Kier alpha value is -1.18. The van der Waals surface area contributed by atoms with E-state index in [1.165, 1.54) is 25.7 Å². The highest BCUT2D eigenvalue weighted by molar-refractivity contribution is 5.57. The van der Waals surface area contributed by atoms with Crippen LogP contribution in [0.3, 0.4) is 0 Å². The molecule has 1 atom stereocenters. The fraction of sp³-hybridized carbons (Fsp3) is 0.647. The highest BCUT2D eigenvalue weighted by atomic mass is 16.5. The van der Waals surface area contributed by atoms with Crippen molar-refractivity contribution in [2.45, 2.75) is 65.5 Å². The smallest absolute Gasteiger partial charge is 0.142 e. The summed E-state index contributed by atoms with van der Waals surface area (Å²) in [5, 5.41) is 3.72. The molecule has 0 radical (unpaired) electrons. The molecule has 1 aliphatic rings. The quantitative estimate of drug-likeness (QED) is 0.836. The zero-order valence-corrected chi connectivity index (χ0v) is 12.7. The van der Waals surface area contributed by atoms with Crippen molar-refractivity contribution in [3.05, 3.63) is 24.3 Å². The lowest BCUT2D eigenvalue weighted by Gasteiger charge is -2.40. The van der Waals surface area contributed by atoms with Crippen molar-refractivity contribution in [3.8, 4) is 5.75 Å². The minimum atomic E-state index is 0.210. The van der Waals surface area contributed by atoms with Gasteiger partial charge in [-0.05, 0) is 44.2 Å². The monoisotopic (exact) mass is 261 g/mol. The maximum atomic E-state index is 5.89. The van der Waals surface area contributed by atoms with Gasteiger partial charge in [0.15, 0.2) is 0 Å². The van der Waals surface area contributed by atoms with Crippen LogP contribution in [0.4, 0.5) is 5.69 Å². The van der Waals surface area contributed by atoms with Crippen LogP contribution in [0.5, 0.6) is 5.75 Å². The lowest BCUT2D eigenvalue weighted by Crippen LogP contribution is -2.39. The van der Waals surface area contributed by atoms with Gasteiger partial charge in [0, 0.05) is 6.04 Å². The van der Waals surface area contributed by atoms with Gasteiger partial charge in [0.25, 0.3) is 0 Å². The number of ether oxygens (including phenoxy) is 1. The average Bonchev–Trinajstić information content (AvgIpc) is 2.33. The predicted octanol–water partition coefficient (Wildman–Crippen LogP) is 4.85. The van der Waals surface area contributed by atoms with Crippen molar-refractivity contribution in [2.24, 2.45) is 5.41 Å². The molecule has 1 aromatic carbocycles. The Morgan fingerprint density at radius 1 is 1.21 bits per heavy atom. The third-order valence-electron chi connectivity index (χ3n) is 4.09. The van der Waals surface area contributed by atoms with Gasteiger partial charge in [-0.15, -0.1) is 0 Å². The zero-order chi connectivity index (χ0) is 13.9. The summed E-state index contributed by atoms with van der Waals surface area (Å²) in [6, 6.07) is 8.83. The van der Waals surface area contributed by atoms with Gasteiger partial charge >= 0.3 is 0 Å². The summed E-state index contributed by atoms with van der Waals surface area (Å²) in [6.07, 6.45) is 5.45. The molecule has 19 heavy (non-hydrogen) atoms. The van der Waals surface area contributed by atoms with Crippen LogP contribution >= 0.6 is 0 Å². The van der Waals surface area contributed by atoms with Crippen molar-refractivity contribution in [1.29, 1.82) is 0 Å². The Kier molecular flexibility index (Phi) is 4.38. The molecule has 0 saturated heterocycles. The van der Waals surface area contributed by atoms with Gasteiger partial charge in [0.1, 0.15) is 5.75 Å². The number of benzene rings is 1. The molecule has 0 aliphatic heterocycles. The Bertz CT molecular complexity index is 411. The van der Waals surface area contributed by atoms with Crippen molar-refractivity contribution in [2.75, 3.05) is 5.32 Å². The standard InChI is InChI=1S/C17H27NO/c1-13(2)19-15-10-6-5-9-14(15)18-16-11-7-8-12-17(16,3)4/h5-6,9-10,13,16,18H,7-8,11-12H2,1-4H3. The summed E-state index contributed by atoms with van der Waals surface area (Å²) >= 11 is 0. The number of hydrogen-bond acceptors (Lipinski definition) is 2. The molecule has 2 nitrogen and oxygen atoms in total.